The maximum atomic E-state index is 13.8. The van der Waals surface area contributed by atoms with Gasteiger partial charge in [-0.15, -0.1) is 11.8 Å². The number of nitrogens with zero attached hydrogens (tertiary/aromatic N) is 1. The van der Waals surface area contributed by atoms with Crippen molar-refractivity contribution in [1.29, 1.82) is 0 Å². The molecule has 3 nitrogen and oxygen atoms in total. The summed E-state index contributed by atoms with van der Waals surface area (Å²) in [7, 11) is 0. The number of rotatable bonds is 4. The molecule has 1 aromatic rings. The van der Waals surface area contributed by atoms with Gasteiger partial charge in [-0.25, -0.2) is 8.78 Å². The molecule has 3 rings (SSSR count). The molecule has 0 N–H and O–H groups in total. The van der Waals surface area contributed by atoms with Crippen molar-refractivity contribution in [3.63, 3.8) is 0 Å². The molecule has 0 aromatic heterocycles. The van der Waals surface area contributed by atoms with Crippen molar-refractivity contribution in [2.45, 2.75) is 49.3 Å². The van der Waals surface area contributed by atoms with Crippen molar-refractivity contribution in [2.24, 2.45) is 0 Å². The number of benzene rings is 1. The Morgan fingerprint density at radius 1 is 1.35 bits per heavy atom. The molecule has 3 atom stereocenters. The highest BCUT2D eigenvalue weighted by atomic mass is 32.2. The van der Waals surface area contributed by atoms with Gasteiger partial charge in [0.2, 0.25) is 5.91 Å². The number of carbonyl (C=O) groups is 1. The Kier molecular flexibility index (Phi) is 5.21. The van der Waals surface area contributed by atoms with Crippen molar-refractivity contribution in [3.8, 4) is 0 Å². The molecule has 6 heteroatoms. The zero-order valence-corrected chi connectivity index (χ0v) is 14.0. The zero-order valence-electron chi connectivity index (χ0n) is 13.1. The van der Waals surface area contributed by atoms with Crippen molar-refractivity contribution < 1.29 is 18.3 Å². The Balaban J connectivity index is 1.64. The molecule has 3 unspecified atom stereocenters. The Labute approximate surface area is 139 Å². The summed E-state index contributed by atoms with van der Waals surface area (Å²) in [5.41, 5.74) is 0.364. The molecule has 2 heterocycles. The highest BCUT2D eigenvalue weighted by Crippen LogP contribution is 2.34. The SMILES string of the molecule is CC1OCCC1SC1CCCN(Cc2ccc(F)cc2F)C1=O. The Bertz CT molecular complexity index is 584. The van der Waals surface area contributed by atoms with Crippen LogP contribution < -0.4 is 0 Å². The number of thioether (sulfide) groups is 1. The van der Waals surface area contributed by atoms with Gasteiger partial charge < -0.3 is 9.64 Å². The summed E-state index contributed by atoms with van der Waals surface area (Å²) < 4.78 is 32.4. The fraction of sp³-hybridized carbons (Fsp3) is 0.588. The molecule has 0 spiro atoms. The van der Waals surface area contributed by atoms with Crippen LogP contribution in [0.5, 0.6) is 0 Å². The molecule has 126 valence electrons. The van der Waals surface area contributed by atoms with Gasteiger partial charge in [-0.1, -0.05) is 6.07 Å². The lowest BCUT2D eigenvalue weighted by atomic mass is 10.1. The third-order valence-corrected chi connectivity index (χ3v) is 6.24. The van der Waals surface area contributed by atoms with Crippen LogP contribution in [0.4, 0.5) is 8.78 Å². The lowest BCUT2D eigenvalue weighted by Crippen LogP contribution is -2.43. The normalized spacial score (nSPS) is 28.4. The topological polar surface area (TPSA) is 29.5 Å². The van der Waals surface area contributed by atoms with E-state index >= 15 is 0 Å². The van der Waals surface area contributed by atoms with Gasteiger partial charge in [0.1, 0.15) is 11.6 Å². The van der Waals surface area contributed by atoms with Crippen LogP contribution in [0, 0.1) is 11.6 Å². The standard InChI is InChI=1S/C17H21F2NO2S/c1-11-15(6-8-22-11)23-16-3-2-7-20(17(16)21)10-12-4-5-13(18)9-14(12)19/h4-5,9,11,15-16H,2-3,6-8,10H2,1H3. The van der Waals surface area contributed by atoms with E-state index in [9.17, 15) is 13.6 Å². The molecule has 1 aromatic carbocycles. The van der Waals surface area contributed by atoms with Gasteiger partial charge >= 0.3 is 0 Å². The molecule has 2 fully saturated rings. The average molecular weight is 341 g/mol. The van der Waals surface area contributed by atoms with Gasteiger partial charge in [0, 0.05) is 36.6 Å². The number of ether oxygens (including phenoxy) is 1. The van der Waals surface area contributed by atoms with E-state index in [1.165, 1.54) is 12.1 Å². The molecule has 2 saturated heterocycles. The van der Waals surface area contributed by atoms with Crippen molar-refractivity contribution in [2.75, 3.05) is 13.2 Å². The molecule has 0 saturated carbocycles. The van der Waals surface area contributed by atoms with E-state index in [0.717, 1.165) is 31.9 Å². The average Bonchev–Trinajstić information content (AvgIpc) is 2.91. The first kappa shape index (κ1) is 16.7. The van der Waals surface area contributed by atoms with Crippen LogP contribution in [-0.2, 0) is 16.1 Å². The van der Waals surface area contributed by atoms with E-state index < -0.39 is 11.6 Å². The summed E-state index contributed by atoms with van der Waals surface area (Å²) in [5.74, 6) is -1.13. The monoisotopic (exact) mass is 341 g/mol. The summed E-state index contributed by atoms with van der Waals surface area (Å²) in [6.45, 7) is 3.63. The molecule has 2 aliphatic heterocycles. The van der Waals surface area contributed by atoms with Crippen LogP contribution in [0.25, 0.3) is 0 Å². The second-order valence-corrected chi connectivity index (χ2v) is 7.61. The van der Waals surface area contributed by atoms with Crippen LogP contribution in [0.1, 0.15) is 31.7 Å². The smallest absolute Gasteiger partial charge is 0.236 e. The molecule has 0 aliphatic carbocycles. The first-order valence-electron chi connectivity index (χ1n) is 8.04. The fourth-order valence-electron chi connectivity index (χ4n) is 3.15. The van der Waals surface area contributed by atoms with E-state index in [1.54, 1.807) is 16.7 Å². The number of carbonyl (C=O) groups excluding carboxylic acids is 1. The highest BCUT2D eigenvalue weighted by Gasteiger charge is 2.35. The minimum absolute atomic E-state index is 0.0593. The number of likely N-dealkylation sites (tertiary alicyclic amines) is 1. The van der Waals surface area contributed by atoms with Crippen LogP contribution in [0.15, 0.2) is 18.2 Å². The second-order valence-electron chi connectivity index (χ2n) is 6.17. The van der Waals surface area contributed by atoms with Crippen LogP contribution >= 0.6 is 11.8 Å². The van der Waals surface area contributed by atoms with Gasteiger partial charge in [-0.2, -0.15) is 0 Å². The summed E-state index contributed by atoms with van der Waals surface area (Å²) in [6.07, 6.45) is 2.92. The Hall–Kier alpha value is -1.14. The summed E-state index contributed by atoms with van der Waals surface area (Å²) in [4.78, 5) is 14.4. The van der Waals surface area contributed by atoms with Gasteiger partial charge in [0.25, 0.3) is 0 Å². The van der Waals surface area contributed by atoms with Crippen LogP contribution in [0.3, 0.4) is 0 Å². The van der Waals surface area contributed by atoms with E-state index in [0.29, 0.717) is 17.4 Å². The lowest BCUT2D eigenvalue weighted by molar-refractivity contribution is -0.133. The Morgan fingerprint density at radius 3 is 2.87 bits per heavy atom. The third-order valence-electron chi connectivity index (χ3n) is 4.50. The van der Waals surface area contributed by atoms with E-state index in [1.807, 2.05) is 6.92 Å². The van der Waals surface area contributed by atoms with Gasteiger partial charge in [0.15, 0.2) is 0 Å². The van der Waals surface area contributed by atoms with E-state index in [4.69, 9.17) is 4.74 Å². The van der Waals surface area contributed by atoms with E-state index in [-0.39, 0.29) is 23.8 Å². The molecule has 0 bridgehead atoms. The predicted octanol–water partition coefficient (Wildman–Crippen LogP) is 3.37. The minimum atomic E-state index is -0.597. The molecule has 23 heavy (non-hydrogen) atoms. The summed E-state index contributed by atoms with van der Waals surface area (Å²) in [5, 5.41) is 0.271. The number of amides is 1. The summed E-state index contributed by atoms with van der Waals surface area (Å²) in [6, 6.07) is 3.52. The number of hydrogen-bond donors (Lipinski definition) is 0. The van der Waals surface area contributed by atoms with Crippen molar-refractivity contribution in [3.05, 3.63) is 35.4 Å². The fourth-order valence-corrected chi connectivity index (χ4v) is 4.67. The number of halogens is 2. The lowest BCUT2D eigenvalue weighted by Gasteiger charge is -2.33. The van der Waals surface area contributed by atoms with Crippen molar-refractivity contribution >= 4 is 17.7 Å². The maximum absolute atomic E-state index is 13.8. The first-order valence-corrected chi connectivity index (χ1v) is 8.98. The first-order chi connectivity index (χ1) is 11.0. The zero-order chi connectivity index (χ0) is 16.4. The second kappa shape index (κ2) is 7.18. The predicted molar refractivity (Wildman–Crippen MR) is 86.2 cm³/mol. The number of piperidine rings is 1. The molecule has 0 radical (unpaired) electrons. The third kappa shape index (κ3) is 3.86. The molecule has 1 amide bonds. The highest BCUT2D eigenvalue weighted by molar-refractivity contribution is 8.01. The Morgan fingerprint density at radius 2 is 2.17 bits per heavy atom. The van der Waals surface area contributed by atoms with E-state index in [2.05, 4.69) is 0 Å². The van der Waals surface area contributed by atoms with Crippen LogP contribution in [-0.4, -0.2) is 40.6 Å². The van der Waals surface area contributed by atoms with Crippen molar-refractivity contribution in [1.82, 2.24) is 4.90 Å². The molecule has 2 aliphatic rings. The summed E-state index contributed by atoms with van der Waals surface area (Å²) >= 11 is 1.70. The van der Waals surface area contributed by atoms with Gasteiger partial charge in [-0.3, -0.25) is 4.79 Å². The minimum Gasteiger partial charge on any atom is -0.377 e. The number of hydrogen-bond acceptors (Lipinski definition) is 3. The van der Waals surface area contributed by atoms with Gasteiger partial charge in [-0.05, 0) is 32.3 Å². The maximum Gasteiger partial charge on any atom is 0.236 e. The quantitative estimate of drug-likeness (QED) is 0.841. The molecular weight excluding hydrogens is 320 g/mol. The molecular formula is C17H21F2NO2S. The van der Waals surface area contributed by atoms with Gasteiger partial charge in [0.05, 0.1) is 11.4 Å². The van der Waals surface area contributed by atoms with Crippen LogP contribution in [0.2, 0.25) is 0 Å². The largest absolute Gasteiger partial charge is 0.377 e.